The number of carbonyl (C=O) groups excluding carboxylic acids is 8. The van der Waals surface area contributed by atoms with Gasteiger partial charge in [0.1, 0.15) is 23.2 Å². The summed E-state index contributed by atoms with van der Waals surface area (Å²) in [7, 11) is 2.39. The number of fused-ring (bicyclic) bond motifs is 2. The van der Waals surface area contributed by atoms with Gasteiger partial charge in [-0.15, -0.1) is 22.7 Å². The number of methoxy groups -OCH3 is 2. The number of ketones is 2. The molecule has 0 aliphatic carbocycles. The van der Waals surface area contributed by atoms with Crippen LogP contribution in [0, 0.1) is 11.8 Å². The first-order valence-corrected chi connectivity index (χ1v) is 22.6. The second-order valence-electron chi connectivity index (χ2n) is 16.8. The SMILES string of the molecule is COC(=O)N[C@H](C(=O)N1CCC[C@@]1(C)C(=O)OCC(=O)c1ccc(-c2ccc(C(=O)COC(=O)[C@]3(C)CCCN3C(=O)[C@@H](NC(=O)OC)C(C)C)c3scnc23)c2ncsc12)C(C)C. The minimum Gasteiger partial charge on any atom is -0.456 e. The van der Waals surface area contributed by atoms with Crippen molar-refractivity contribution in [1.82, 2.24) is 30.4 Å². The summed E-state index contributed by atoms with van der Waals surface area (Å²) in [5.41, 5.74) is 3.28. The van der Waals surface area contributed by atoms with Gasteiger partial charge >= 0.3 is 24.1 Å². The minimum atomic E-state index is -1.36. The largest absolute Gasteiger partial charge is 0.456 e. The summed E-state index contributed by atoms with van der Waals surface area (Å²) in [5, 5.41) is 5.10. The van der Waals surface area contributed by atoms with Crippen LogP contribution in [0.2, 0.25) is 0 Å². The van der Waals surface area contributed by atoms with Gasteiger partial charge in [-0.1, -0.05) is 39.8 Å². The molecule has 0 radical (unpaired) electrons. The number of ether oxygens (including phenoxy) is 4. The molecule has 4 amide bonds. The number of hydrogen-bond acceptors (Lipinski definition) is 16. The van der Waals surface area contributed by atoms with E-state index in [1.807, 2.05) is 0 Å². The maximum Gasteiger partial charge on any atom is 0.407 e. The van der Waals surface area contributed by atoms with Crippen molar-refractivity contribution in [2.75, 3.05) is 40.5 Å². The van der Waals surface area contributed by atoms with Gasteiger partial charge in [-0.2, -0.15) is 0 Å². The number of benzene rings is 2. The molecule has 2 aromatic carbocycles. The highest BCUT2D eigenvalue weighted by atomic mass is 32.1. The Morgan fingerprint density at radius 1 is 0.641 bits per heavy atom. The Hall–Kier alpha value is -6.02. The smallest absolute Gasteiger partial charge is 0.407 e. The van der Waals surface area contributed by atoms with E-state index in [-0.39, 0.29) is 36.1 Å². The summed E-state index contributed by atoms with van der Waals surface area (Å²) in [5.74, 6) is -3.95. The van der Waals surface area contributed by atoms with Crippen molar-refractivity contribution < 1.29 is 57.3 Å². The molecule has 0 spiro atoms. The summed E-state index contributed by atoms with van der Waals surface area (Å²) in [6.07, 6.45) is 0.114. The molecule has 64 heavy (non-hydrogen) atoms. The van der Waals surface area contributed by atoms with E-state index < -0.39 is 83.9 Å². The Balaban J connectivity index is 1.15. The van der Waals surface area contributed by atoms with E-state index in [4.69, 9.17) is 18.9 Å². The van der Waals surface area contributed by atoms with E-state index in [1.165, 1.54) is 46.7 Å². The molecule has 6 rings (SSSR count). The van der Waals surface area contributed by atoms with Crippen molar-refractivity contribution >= 4 is 90.6 Å². The van der Waals surface area contributed by atoms with Crippen molar-refractivity contribution in [2.45, 2.75) is 90.4 Å². The molecule has 2 fully saturated rings. The van der Waals surface area contributed by atoms with Gasteiger partial charge in [-0.05, 0) is 63.5 Å². The van der Waals surface area contributed by atoms with Gasteiger partial charge in [0.05, 0.1) is 45.7 Å². The lowest BCUT2D eigenvalue weighted by Crippen LogP contribution is -2.58. The van der Waals surface area contributed by atoms with Gasteiger partial charge in [0.2, 0.25) is 23.4 Å². The zero-order chi connectivity index (χ0) is 46.7. The van der Waals surface area contributed by atoms with Crippen molar-refractivity contribution in [3.8, 4) is 11.1 Å². The van der Waals surface area contributed by atoms with E-state index in [9.17, 15) is 38.4 Å². The number of rotatable bonds is 15. The maximum atomic E-state index is 13.7. The van der Waals surface area contributed by atoms with Crippen molar-refractivity contribution in [2.24, 2.45) is 11.8 Å². The van der Waals surface area contributed by atoms with Crippen LogP contribution < -0.4 is 10.6 Å². The monoisotopic (exact) mass is 920 g/mol. The number of esters is 2. The summed E-state index contributed by atoms with van der Waals surface area (Å²) in [6, 6.07) is 4.79. The Morgan fingerprint density at radius 3 is 1.36 bits per heavy atom. The lowest BCUT2D eigenvalue weighted by molar-refractivity contribution is -0.160. The van der Waals surface area contributed by atoms with Crippen LogP contribution in [0.25, 0.3) is 31.6 Å². The topological polar surface area (TPSA) is 230 Å². The van der Waals surface area contributed by atoms with Gasteiger partial charge in [-0.25, -0.2) is 29.1 Å². The molecule has 0 saturated carbocycles. The first-order chi connectivity index (χ1) is 30.4. The summed E-state index contributed by atoms with van der Waals surface area (Å²) in [6.45, 7) is 9.60. The average molecular weight is 921 g/mol. The highest BCUT2D eigenvalue weighted by Gasteiger charge is 2.50. The van der Waals surface area contributed by atoms with Crippen LogP contribution >= 0.6 is 22.7 Å². The highest BCUT2D eigenvalue weighted by molar-refractivity contribution is 7.17. The molecular weight excluding hydrogens is 869 g/mol. The molecule has 2 aromatic heterocycles. The van der Waals surface area contributed by atoms with Crippen LogP contribution in [0.4, 0.5) is 9.59 Å². The number of amides is 4. The second-order valence-corrected chi connectivity index (χ2v) is 18.5. The molecule has 2 saturated heterocycles. The number of nitrogens with zero attached hydrogens (tertiary/aromatic N) is 4. The van der Waals surface area contributed by atoms with E-state index in [2.05, 4.69) is 20.6 Å². The standard InChI is InChI=1S/C44H52N6O12S2/c1-23(2)31(47-41(57)59-7)37(53)49-17-9-15-43(49,5)39(55)61-19-29(51)27-13-11-25(33-35(27)63-21-45-33)26-12-14-28(36-34(26)46-22-64-36)30(52)20-62-40(56)44(6)16-10-18-50(44)38(54)32(24(3)4)48-42(58)60-8/h11-14,21-24,31-32H,9-10,15-20H2,1-8H3,(H,47,57)(H,48,58)/t31-,32-,43-,44-/m0/s1. The number of carbonyl (C=O) groups is 8. The summed E-state index contributed by atoms with van der Waals surface area (Å²) >= 11 is 2.46. The number of alkyl carbamates (subject to hydrolysis) is 2. The molecule has 4 heterocycles. The number of aromatic nitrogens is 2. The van der Waals surface area contributed by atoms with Crippen LogP contribution in [0.1, 0.15) is 87.9 Å². The predicted molar refractivity (Wildman–Crippen MR) is 236 cm³/mol. The van der Waals surface area contributed by atoms with Gasteiger partial charge in [0.25, 0.3) is 0 Å². The molecule has 342 valence electrons. The van der Waals surface area contributed by atoms with Crippen molar-refractivity contribution in [3.05, 3.63) is 46.4 Å². The normalized spacial score (nSPS) is 19.4. The molecule has 0 bridgehead atoms. The average Bonchev–Trinajstić information content (AvgIpc) is 4.11. The van der Waals surface area contributed by atoms with E-state index in [0.717, 1.165) is 0 Å². The molecule has 0 unspecified atom stereocenters. The fraction of sp³-hybridized carbons (Fsp3) is 0.500. The summed E-state index contributed by atoms with van der Waals surface area (Å²) in [4.78, 5) is 118. The lowest BCUT2D eigenvalue weighted by atomic mass is 9.96. The van der Waals surface area contributed by atoms with Crippen LogP contribution in [-0.4, -0.2) is 131 Å². The summed E-state index contributed by atoms with van der Waals surface area (Å²) < 4.78 is 21.7. The Morgan fingerprint density at radius 2 is 1.02 bits per heavy atom. The third-order valence-electron chi connectivity index (χ3n) is 12.0. The Labute approximate surface area is 377 Å². The van der Waals surface area contributed by atoms with Gasteiger partial charge < -0.3 is 39.4 Å². The molecule has 18 nitrogen and oxygen atoms in total. The fourth-order valence-electron chi connectivity index (χ4n) is 8.30. The number of hydrogen-bond donors (Lipinski definition) is 2. The molecule has 2 N–H and O–H groups in total. The molecule has 4 atom stereocenters. The Bertz CT molecular complexity index is 2330. The van der Waals surface area contributed by atoms with Crippen molar-refractivity contribution in [3.63, 3.8) is 0 Å². The number of likely N-dealkylation sites (tertiary alicyclic amines) is 2. The van der Waals surface area contributed by atoms with Crippen molar-refractivity contribution in [1.29, 1.82) is 0 Å². The minimum absolute atomic E-state index is 0.267. The lowest BCUT2D eigenvalue weighted by Gasteiger charge is -2.36. The molecule has 2 aliphatic rings. The van der Waals surface area contributed by atoms with Gasteiger partial charge in [-0.3, -0.25) is 19.2 Å². The molecule has 2 aliphatic heterocycles. The van der Waals surface area contributed by atoms with Crippen LogP contribution in [0.5, 0.6) is 0 Å². The number of nitrogens with one attached hydrogen (secondary N) is 2. The third kappa shape index (κ3) is 9.15. The molecular formula is C44H52N6O12S2. The number of thiazole rings is 2. The zero-order valence-electron chi connectivity index (χ0n) is 36.9. The van der Waals surface area contributed by atoms with Crippen LogP contribution in [0.3, 0.4) is 0 Å². The zero-order valence-corrected chi connectivity index (χ0v) is 38.6. The fourth-order valence-corrected chi connectivity index (χ4v) is 9.99. The van der Waals surface area contributed by atoms with E-state index >= 15 is 0 Å². The second kappa shape index (κ2) is 19.4. The Kier molecular flexibility index (Phi) is 14.4. The third-order valence-corrected chi connectivity index (χ3v) is 13.7. The van der Waals surface area contributed by atoms with Gasteiger partial charge in [0.15, 0.2) is 13.2 Å². The van der Waals surface area contributed by atoms with E-state index in [0.29, 0.717) is 57.2 Å². The van der Waals surface area contributed by atoms with Crippen LogP contribution in [0.15, 0.2) is 35.3 Å². The van der Waals surface area contributed by atoms with Gasteiger partial charge in [0, 0.05) is 35.3 Å². The van der Waals surface area contributed by atoms with E-state index in [1.54, 1.807) is 76.8 Å². The maximum absolute atomic E-state index is 13.7. The first-order valence-electron chi connectivity index (χ1n) is 20.8. The first kappa shape index (κ1) is 47.5. The quantitative estimate of drug-likeness (QED) is 0.0847. The predicted octanol–water partition coefficient (Wildman–Crippen LogP) is 5.55. The molecule has 4 aromatic rings. The molecule has 20 heteroatoms. The van der Waals surface area contributed by atoms with Crippen LogP contribution in [-0.2, 0) is 38.1 Å². The number of Topliss-reactive ketones (excluding diaryl/α,β-unsaturated/α-hetero) is 2. The highest BCUT2D eigenvalue weighted by Crippen LogP contribution is 2.39.